The molecule has 1 aliphatic heterocycles. The van der Waals surface area contributed by atoms with Crippen LogP contribution in [0.1, 0.15) is 43.2 Å². The van der Waals surface area contributed by atoms with E-state index in [2.05, 4.69) is 4.90 Å². The van der Waals surface area contributed by atoms with Crippen molar-refractivity contribution in [2.24, 2.45) is 11.8 Å². The van der Waals surface area contributed by atoms with Crippen molar-refractivity contribution in [3.05, 3.63) is 71.5 Å². The smallest absolute Gasteiger partial charge is 0.123 e. The number of hydrogen-bond acceptors (Lipinski definition) is 2. The van der Waals surface area contributed by atoms with Gasteiger partial charge in [-0.25, -0.2) is 4.39 Å². The second-order valence-electron chi connectivity index (χ2n) is 8.12. The zero-order valence-corrected chi connectivity index (χ0v) is 15.3. The summed E-state index contributed by atoms with van der Waals surface area (Å²) in [7, 11) is 0. The Bertz CT molecular complexity index is 717. The van der Waals surface area contributed by atoms with E-state index in [0.29, 0.717) is 6.42 Å². The number of aliphatic hydroxyl groups is 1. The topological polar surface area (TPSA) is 23.5 Å². The zero-order chi connectivity index (χ0) is 18.0. The van der Waals surface area contributed by atoms with Crippen LogP contribution < -0.4 is 0 Å². The zero-order valence-electron chi connectivity index (χ0n) is 15.3. The molecule has 1 saturated heterocycles. The van der Waals surface area contributed by atoms with Crippen LogP contribution in [0.2, 0.25) is 0 Å². The molecule has 1 heterocycles. The average molecular weight is 353 g/mol. The molecule has 3 atom stereocenters. The van der Waals surface area contributed by atoms with E-state index in [9.17, 15) is 9.50 Å². The highest BCUT2D eigenvalue weighted by Crippen LogP contribution is 2.38. The highest BCUT2D eigenvalue weighted by Gasteiger charge is 2.34. The highest BCUT2D eigenvalue weighted by molar-refractivity contribution is 5.36. The van der Waals surface area contributed by atoms with E-state index >= 15 is 0 Å². The minimum atomic E-state index is -1.08. The van der Waals surface area contributed by atoms with Crippen molar-refractivity contribution >= 4 is 0 Å². The van der Waals surface area contributed by atoms with Gasteiger partial charge in [0, 0.05) is 13.1 Å². The van der Waals surface area contributed by atoms with Crippen LogP contribution >= 0.6 is 0 Å². The van der Waals surface area contributed by atoms with Crippen molar-refractivity contribution in [1.82, 2.24) is 4.90 Å². The number of rotatable bonds is 5. The molecule has 0 unspecified atom stereocenters. The van der Waals surface area contributed by atoms with Gasteiger partial charge in [0.25, 0.3) is 0 Å². The van der Waals surface area contributed by atoms with Gasteiger partial charge in [0.1, 0.15) is 11.4 Å². The van der Waals surface area contributed by atoms with E-state index in [4.69, 9.17) is 0 Å². The summed E-state index contributed by atoms with van der Waals surface area (Å²) < 4.78 is 13.4. The molecule has 2 nitrogen and oxygen atoms in total. The van der Waals surface area contributed by atoms with Crippen molar-refractivity contribution < 1.29 is 9.50 Å². The average Bonchev–Trinajstić information content (AvgIpc) is 3.01. The fourth-order valence-corrected chi connectivity index (χ4v) is 4.85. The van der Waals surface area contributed by atoms with Crippen LogP contribution in [0.5, 0.6) is 0 Å². The Morgan fingerprint density at radius 3 is 2.38 bits per heavy atom. The van der Waals surface area contributed by atoms with E-state index in [1.165, 1.54) is 37.8 Å². The molecule has 0 amide bonds. The van der Waals surface area contributed by atoms with Crippen LogP contribution in [0, 0.1) is 17.7 Å². The molecule has 2 fully saturated rings. The summed E-state index contributed by atoms with van der Waals surface area (Å²) in [6.07, 6.45) is 6.07. The van der Waals surface area contributed by atoms with Crippen molar-refractivity contribution in [3.63, 3.8) is 0 Å². The van der Waals surface area contributed by atoms with Crippen molar-refractivity contribution in [2.45, 2.75) is 37.7 Å². The Morgan fingerprint density at radius 2 is 1.62 bits per heavy atom. The summed E-state index contributed by atoms with van der Waals surface area (Å²) in [5, 5.41) is 11.6. The van der Waals surface area contributed by atoms with Crippen LogP contribution in [0.3, 0.4) is 0 Å². The maximum absolute atomic E-state index is 13.4. The normalized spacial score (nSPS) is 25.6. The standard InChI is InChI=1S/C23H28FNO/c24-22-10-8-21(9-11-22)23(26,20-4-2-1-3-5-20)13-15-25-14-12-18-6-7-19(16-18)17-25/h1-5,8-11,18-19,26H,6-7,12-17H2/t18-,19-,23+/m0/s1. The van der Waals surface area contributed by atoms with Gasteiger partial charge in [0.05, 0.1) is 0 Å². The lowest BCUT2D eigenvalue weighted by Crippen LogP contribution is -2.36. The molecule has 0 aromatic heterocycles. The van der Waals surface area contributed by atoms with Crippen LogP contribution in [0.4, 0.5) is 4.39 Å². The van der Waals surface area contributed by atoms with Crippen LogP contribution in [-0.4, -0.2) is 29.6 Å². The third-order valence-electron chi connectivity index (χ3n) is 6.38. The summed E-state index contributed by atoms with van der Waals surface area (Å²) in [5.74, 6) is 1.47. The number of benzene rings is 2. The lowest BCUT2D eigenvalue weighted by molar-refractivity contribution is 0.0553. The molecule has 2 bridgehead atoms. The van der Waals surface area contributed by atoms with Crippen molar-refractivity contribution in [1.29, 1.82) is 0 Å². The molecule has 2 aliphatic rings. The van der Waals surface area contributed by atoms with E-state index in [1.54, 1.807) is 12.1 Å². The predicted molar refractivity (Wildman–Crippen MR) is 102 cm³/mol. The van der Waals surface area contributed by atoms with Crippen LogP contribution in [0.25, 0.3) is 0 Å². The lowest BCUT2D eigenvalue weighted by Gasteiger charge is -2.33. The van der Waals surface area contributed by atoms with E-state index in [-0.39, 0.29) is 5.82 Å². The van der Waals surface area contributed by atoms with E-state index in [0.717, 1.165) is 42.6 Å². The fourth-order valence-electron chi connectivity index (χ4n) is 4.85. The predicted octanol–water partition coefficient (Wildman–Crippen LogP) is 4.57. The molecule has 138 valence electrons. The first-order valence-electron chi connectivity index (χ1n) is 9.90. The first-order valence-corrected chi connectivity index (χ1v) is 9.90. The van der Waals surface area contributed by atoms with Gasteiger partial charge in [-0.2, -0.15) is 0 Å². The Morgan fingerprint density at radius 1 is 0.923 bits per heavy atom. The highest BCUT2D eigenvalue weighted by atomic mass is 19.1. The summed E-state index contributed by atoms with van der Waals surface area (Å²) >= 11 is 0. The minimum absolute atomic E-state index is 0.271. The summed E-state index contributed by atoms with van der Waals surface area (Å²) in [5.41, 5.74) is 0.560. The van der Waals surface area contributed by atoms with E-state index in [1.807, 2.05) is 30.3 Å². The molecule has 26 heavy (non-hydrogen) atoms. The maximum atomic E-state index is 13.4. The second-order valence-corrected chi connectivity index (χ2v) is 8.12. The van der Waals surface area contributed by atoms with Gasteiger partial charge in [0.2, 0.25) is 0 Å². The number of nitrogens with zero attached hydrogens (tertiary/aromatic N) is 1. The molecular weight excluding hydrogens is 325 g/mol. The number of halogens is 1. The fraction of sp³-hybridized carbons (Fsp3) is 0.478. The quantitative estimate of drug-likeness (QED) is 0.851. The monoisotopic (exact) mass is 353 g/mol. The van der Waals surface area contributed by atoms with Gasteiger partial charge in [-0.15, -0.1) is 0 Å². The Kier molecular flexibility index (Phi) is 5.10. The Labute approximate surface area is 155 Å². The first-order chi connectivity index (χ1) is 12.6. The van der Waals surface area contributed by atoms with Gasteiger partial charge in [-0.1, -0.05) is 48.9 Å². The van der Waals surface area contributed by atoms with Gasteiger partial charge < -0.3 is 10.0 Å². The SMILES string of the molecule is O[C@](CCN1CC[C@@H]2CC[C@@H](C2)C1)(c1ccccc1)c1ccc(F)cc1. The third kappa shape index (κ3) is 3.70. The second kappa shape index (κ2) is 7.50. The largest absolute Gasteiger partial charge is 0.380 e. The number of likely N-dealkylation sites (tertiary alicyclic amines) is 1. The minimum Gasteiger partial charge on any atom is -0.380 e. The van der Waals surface area contributed by atoms with Crippen molar-refractivity contribution in [3.8, 4) is 0 Å². The van der Waals surface area contributed by atoms with Gasteiger partial charge >= 0.3 is 0 Å². The molecule has 1 aliphatic carbocycles. The Hall–Kier alpha value is -1.71. The number of fused-ring (bicyclic) bond motifs is 2. The van der Waals surface area contributed by atoms with Gasteiger partial charge in [-0.3, -0.25) is 0 Å². The molecule has 2 aromatic carbocycles. The van der Waals surface area contributed by atoms with Crippen LogP contribution in [0.15, 0.2) is 54.6 Å². The maximum Gasteiger partial charge on any atom is 0.123 e. The first kappa shape index (κ1) is 17.7. The van der Waals surface area contributed by atoms with Crippen molar-refractivity contribution in [2.75, 3.05) is 19.6 Å². The molecule has 2 aromatic rings. The van der Waals surface area contributed by atoms with Crippen LogP contribution in [-0.2, 0) is 5.60 Å². The Balaban J connectivity index is 1.54. The van der Waals surface area contributed by atoms with Gasteiger partial charge in [-0.05, 0) is 67.3 Å². The molecule has 1 N–H and O–H groups in total. The summed E-state index contributed by atoms with van der Waals surface area (Å²) in [6, 6.07) is 16.1. The van der Waals surface area contributed by atoms with E-state index < -0.39 is 5.60 Å². The lowest BCUT2D eigenvalue weighted by atomic mass is 9.83. The molecule has 3 heteroatoms. The molecule has 4 rings (SSSR count). The van der Waals surface area contributed by atoms with Gasteiger partial charge in [0.15, 0.2) is 0 Å². The number of hydrogen-bond donors (Lipinski definition) is 1. The third-order valence-corrected chi connectivity index (χ3v) is 6.38. The molecule has 1 saturated carbocycles. The molecule has 0 radical (unpaired) electrons. The molecule has 0 spiro atoms. The summed E-state index contributed by atoms with van der Waals surface area (Å²) in [4.78, 5) is 2.53. The summed E-state index contributed by atoms with van der Waals surface area (Å²) in [6.45, 7) is 3.16. The molecular formula is C23H28FNO.